The molecule has 0 aliphatic heterocycles. The van der Waals surface area contributed by atoms with E-state index in [4.69, 9.17) is 17.3 Å². The smallest absolute Gasteiger partial charge is 0.0598 e. The van der Waals surface area contributed by atoms with Crippen LogP contribution in [0.25, 0.3) is 0 Å². The van der Waals surface area contributed by atoms with E-state index in [1.165, 1.54) is 47.4 Å². The Labute approximate surface area is 99.6 Å². The van der Waals surface area contributed by atoms with Crippen molar-refractivity contribution in [2.45, 2.75) is 50.5 Å². The molecular weight excluding hydrogens is 226 g/mol. The van der Waals surface area contributed by atoms with E-state index in [1.54, 1.807) is 0 Å². The summed E-state index contributed by atoms with van der Waals surface area (Å²) in [5.41, 5.74) is 7.79. The van der Waals surface area contributed by atoms with E-state index in [0.29, 0.717) is 0 Å². The third-order valence-corrected chi connectivity index (χ3v) is 5.85. The highest BCUT2D eigenvalue weighted by Gasteiger charge is 2.36. The summed E-state index contributed by atoms with van der Waals surface area (Å²) < 4.78 is 0. The normalized spacial score (nSPS) is 23.3. The van der Waals surface area contributed by atoms with E-state index in [0.717, 1.165) is 17.9 Å². The molecule has 0 spiro atoms. The zero-order valence-electron chi connectivity index (χ0n) is 8.81. The lowest BCUT2D eigenvalue weighted by Crippen LogP contribution is -2.32. The fourth-order valence-corrected chi connectivity index (χ4v) is 4.93. The summed E-state index contributed by atoms with van der Waals surface area (Å²) >= 11 is 8.36. The molecule has 2 aliphatic carbocycles. The molecule has 1 saturated carbocycles. The number of hydrogen-bond donors (Lipinski definition) is 1. The first-order valence-electron chi connectivity index (χ1n) is 5.80. The van der Waals surface area contributed by atoms with E-state index in [2.05, 4.69) is 0 Å². The van der Waals surface area contributed by atoms with Crippen LogP contribution in [0.3, 0.4) is 0 Å². The van der Waals surface area contributed by atoms with Gasteiger partial charge in [0.15, 0.2) is 0 Å². The Hall–Kier alpha value is -0.0500. The number of hydrogen-bond acceptors (Lipinski definition) is 2. The molecule has 1 fully saturated rings. The Balaban J connectivity index is 2.05. The number of halogens is 1. The average molecular weight is 242 g/mol. The lowest BCUT2D eigenvalue weighted by atomic mass is 9.96. The summed E-state index contributed by atoms with van der Waals surface area (Å²) in [6, 6.07) is 0. The van der Waals surface area contributed by atoms with Crippen LogP contribution in [0.4, 0.5) is 0 Å². The predicted molar refractivity (Wildman–Crippen MR) is 65.7 cm³/mol. The van der Waals surface area contributed by atoms with E-state index in [1.807, 2.05) is 11.3 Å². The van der Waals surface area contributed by atoms with Gasteiger partial charge in [-0.15, -0.1) is 11.3 Å². The molecule has 0 aromatic carbocycles. The molecule has 1 nitrogen and oxygen atoms in total. The second-order valence-electron chi connectivity index (χ2n) is 4.86. The average Bonchev–Trinajstić information content (AvgIpc) is 2.85. The second-order valence-corrected chi connectivity index (χ2v) is 6.35. The first kappa shape index (κ1) is 10.1. The minimum atomic E-state index is -0.0912. The molecule has 3 rings (SSSR count). The maximum atomic E-state index is 6.47. The van der Waals surface area contributed by atoms with Crippen molar-refractivity contribution < 1.29 is 0 Å². The quantitative estimate of drug-likeness (QED) is 0.799. The van der Waals surface area contributed by atoms with Crippen LogP contribution in [0.15, 0.2) is 0 Å². The van der Waals surface area contributed by atoms with E-state index < -0.39 is 0 Å². The minimum Gasteiger partial charge on any atom is -0.321 e. The molecule has 1 heterocycles. The van der Waals surface area contributed by atoms with Gasteiger partial charge in [-0.1, -0.05) is 24.4 Å². The maximum absolute atomic E-state index is 6.47. The molecule has 2 aliphatic rings. The number of rotatable bonds is 1. The molecule has 0 radical (unpaired) electrons. The molecule has 2 N–H and O–H groups in total. The highest BCUT2D eigenvalue weighted by Crippen LogP contribution is 2.47. The lowest BCUT2D eigenvalue weighted by molar-refractivity contribution is 0.471. The van der Waals surface area contributed by atoms with Crippen molar-refractivity contribution in [3.8, 4) is 0 Å². The molecule has 82 valence electrons. The van der Waals surface area contributed by atoms with Crippen LogP contribution in [-0.2, 0) is 18.4 Å². The van der Waals surface area contributed by atoms with Gasteiger partial charge in [0.2, 0.25) is 0 Å². The Bertz CT molecular complexity index is 391. The summed E-state index contributed by atoms with van der Waals surface area (Å²) in [5, 5.41) is 1.01. The van der Waals surface area contributed by atoms with Gasteiger partial charge in [-0.2, -0.15) is 0 Å². The van der Waals surface area contributed by atoms with Crippen molar-refractivity contribution in [3.63, 3.8) is 0 Å². The summed E-state index contributed by atoms with van der Waals surface area (Å²) in [5.74, 6) is 0. The third-order valence-electron chi connectivity index (χ3n) is 3.80. The van der Waals surface area contributed by atoms with Crippen LogP contribution in [-0.4, -0.2) is 0 Å². The molecule has 0 bridgehead atoms. The summed E-state index contributed by atoms with van der Waals surface area (Å²) in [6.07, 6.45) is 8.41. The highest BCUT2D eigenvalue weighted by atomic mass is 35.5. The zero-order valence-corrected chi connectivity index (χ0v) is 10.4. The number of fused-ring (bicyclic) bond motifs is 1. The van der Waals surface area contributed by atoms with Crippen LogP contribution in [0, 0.1) is 0 Å². The summed E-state index contributed by atoms with van der Waals surface area (Å²) in [7, 11) is 0. The molecule has 0 saturated heterocycles. The number of nitrogens with two attached hydrogens (primary N) is 1. The van der Waals surface area contributed by atoms with Crippen LogP contribution in [0.2, 0.25) is 5.02 Å². The molecule has 0 amide bonds. The van der Waals surface area contributed by atoms with Gasteiger partial charge in [0.1, 0.15) is 0 Å². The van der Waals surface area contributed by atoms with Crippen LogP contribution >= 0.6 is 22.9 Å². The van der Waals surface area contributed by atoms with Crippen LogP contribution in [0.1, 0.15) is 47.4 Å². The fourth-order valence-electron chi connectivity index (χ4n) is 2.92. The van der Waals surface area contributed by atoms with Gasteiger partial charge >= 0.3 is 0 Å². The molecule has 1 aromatic rings. The van der Waals surface area contributed by atoms with Crippen LogP contribution in [0.5, 0.6) is 0 Å². The molecule has 0 atom stereocenters. The summed E-state index contributed by atoms with van der Waals surface area (Å²) in [4.78, 5) is 2.79. The fraction of sp³-hybridized carbons (Fsp3) is 0.667. The Morgan fingerprint density at radius 1 is 1.13 bits per heavy atom. The van der Waals surface area contributed by atoms with Gasteiger partial charge in [0, 0.05) is 9.75 Å². The molecule has 15 heavy (non-hydrogen) atoms. The first-order chi connectivity index (χ1) is 7.21. The van der Waals surface area contributed by atoms with Crippen LogP contribution < -0.4 is 5.73 Å². The number of aryl methyl sites for hydroxylation is 1. The summed E-state index contributed by atoms with van der Waals surface area (Å²) in [6.45, 7) is 0. The van der Waals surface area contributed by atoms with Crippen molar-refractivity contribution >= 4 is 22.9 Å². The monoisotopic (exact) mass is 241 g/mol. The topological polar surface area (TPSA) is 26.0 Å². The molecular formula is C12H16ClNS. The first-order valence-corrected chi connectivity index (χ1v) is 6.99. The van der Waals surface area contributed by atoms with Gasteiger partial charge in [-0.05, 0) is 37.7 Å². The largest absolute Gasteiger partial charge is 0.321 e. The molecule has 1 aromatic heterocycles. The Morgan fingerprint density at radius 3 is 2.53 bits per heavy atom. The van der Waals surface area contributed by atoms with Crippen molar-refractivity contribution in [2.24, 2.45) is 5.73 Å². The van der Waals surface area contributed by atoms with E-state index >= 15 is 0 Å². The molecule has 0 unspecified atom stereocenters. The van der Waals surface area contributed by atoms with E-state index in [-0.39, 0.29) is 5.54 Å². The van der Waals surface area contributed by atoms with Gasteiger partial charge in [0.25, 0.3) is 0 Å². The van der Waals surface area contributed by atoms with Crippen molar-refractivity contribution in [1.29, 1.82) is 0 Å². The van der Waals surface area contributed by atoms with E-state index in [9.17, 15) is 0 Å². The standard InChI is InChI=1S/C12H16ClNS/c13-10-8-4-3-5-9(8)15-11(10)12(14)6-1-2-7-12/h1-7,14H2. The third kappa shape index (κ3) is 1.46. The lowest BCUT2D eigenvalue weighted by Gasteiger charge is -2.22. The van der Waals surface area contributed by atoms with Gasteiger partial charge in [-0.25, -0.2) is 0 Å². The number of thiophene rings is 1. The zero-order chi connectivity index (χ0) is 10.5. The van der Waals surface area contributed by atoms with Gasteiger partial charge in [-0.3, -0.25) is 0 Å². The SMILES string of the molecule is NC1(c2sc3c(c2Cl)CCC3)CCCC1. The maximum Gasteiger partial charge on any atom is 0.0598 e. The Morgan fingerprint density at radius 2 is 1.87 bits per heavy atom. The predicted octanol–water partition coefficient (Wildman–Crippen LogP) is 3.62. The van der Waals surface area contributed by atoms with Gasteiger partial charge < -0.3 is 5.73 Å². The molecule has 3 heteroatoms. The Kier molecular flexibility index (Phi) is 2.35. The van der Waals surface area contributed by atoms with Crippen molar-refractivity contribution in [2.75, 3.05) is 0 Å². The van der Waals surface area contributed by atoms with Crippen molar-refractivity contribution in [1.82, 2.24) is 0 Å². The highest BCUT2D eigenvalue weighted by molar-refractivity contribution is 7.13. The second kappa shape index (κ2) is 3.47. The van der Waals surface area contributed by atoms with Crippen molar-refractivity contribution in [3.05, 3.63) is 20.3 Å². The minimum absolute atomic E-state index is 0.0912. The van der Waals surface area contributed by atoms with Gasteiger partial charge in [0.05, 0.1) is 10.6 Å².